The minimum atomic E-state index is 0.0799. The van der Waals surface area contributed by atoms with Crippen LogP contribution in [-0.2, 0) is 11.8 Å². The van der Waals surface area contributed by atoms with E-state index in [1.165, 1.54) is 0 Å². The van der Waals surface area contributed by atoms with E-state index in [0.717, 1.165) is 18.8 Å². The standard InChI is InChI=1S/C11H21N3O2/c1-3-10(11-13-4-6-14(11)2)12-5-8-16-9-7-15/h4,6,10,12,15H,3,5,7-9H2,1-2H3. The predicted octanol–water partition coefficient (Wildman–Crippen LogP) is 0.470. The number of aliphatic hydroxyl groups is 1. The highest BCUT2D eigenvalue weighted by molar-refractivity contribution is 4.98. The van der Waals surface area contributed by atoms with Gasteiger partial charge in [-0.25, -0.2) is 4.98 Å². The molecule has 0 aliphatic heterocycles. The summed E-state index contributed by atoms with van der Waals surface area (Å²) in [5.41, 5.74) is 0. The number of aliphatic hydroxyl groups excluding tert-OH is 1. The van der Waals surface area contributed by atoms with Crippen LogP contribution >= 0.6 is 0 Å². The second-order valence-electron chi connectivity index (χ2n) is 3.65. The van der Waals surface area contributed by atoms with Crippen LogP contribution in [0.2, 0.25) is 0 Å². The summed E-state index contributed by atoms with van der Waals surface area (Å²) in [7, 11) is 1.99. The van der Waals surface area contributed by atoms with Crippen molar-refractivity contribution in [2.24, 2.45) is 7.05 Å². The van der Waals surface area contributed by atoms with Crippen molar-refractivity contribution in [3.63, 3.8) is 0 Å². The Hall–Kier alpha value is -0.910. The van der Waals surface area contributed by atoms with Gasteiger partial charge in [0.2, 0.25) is 0 Å². The maximum Gasteiger partial charge on any atom is 0.125 e. The van der Waals surface area contributed by atoms with Crippen molar-refractivity contribution in [2.45, 2.75) is 19.4 Å². The van der Waals surface area contributed by atoms with E-state index in [1.807, 2.05) is 24.0 Å². The lowest BCUT2D eigenvalue weighted by Crippen LogP contribution is -2.27. The second kappa shape index (κ2) is 7.38. The average molecular weight is 227 g/mol. The minimum absolute atomic E-state index is 0.0799. The molecule has 0 saturated heterocycles. The summed E-state index contributed by atoms with van der Waals surface area (Å²) < 4.78 is 7.21. The Labute approximate surface area is 96.4 Å². The molecule has 92 valence electrons. The molecule has 0 aliphatic carbocycles. The highest BCUT2D eigenvalue weighted by atomic mass is 16.5. The first-order chi connectivity index (χ1) is 7.79. The monoisotopic (exact) mass is 227 g/mol. The molecule has 1 rings (SSSR count). The van der Waals surface area contributed by atoms with Gasteiger partial charge in [-0.1, -0.05) is 6.92 Å². The van der Waals surface area contributed by atoms with Gasteiger partial charge in [0.05, 0.1) is 25.9 Å². The molecule has 0 saturated carbocycles. The first kappa shape index (κ1) is 13.2. The van der Waals surface area contributed by atoms with Gasteiger partial charge in [0.1, 0.15) is 5.82 Å². The second-order valence-corrected chi connectivity index (χ2v) is 3.65. The lowest BCUT2D eigenvalue weighted by Gasteiger charge is -2.16. The summed E-state index contributed by atoms with van der Waals surface area (Å²) in [6, 6.07) is 0.262. The quantitative estimate of drug-likeness (QED) is 0.634. The van der Waals surface area contributed by atoms with Crippen molar-refractivity contribution in [3.05, 3.63) is 18.2 Å². The van der Waals surface area contributed by atoms with E-state index in [9.17, 15) is 0 Å². The zero-order valence-electron chi connectivity index (χ0n) is 10.0. The average Bonchev–Trinajstić information content (AvgIpc) is 2.70. The number of hydrogen-bond acceptors (Lipinski definition) is 4. The van der Waals surface area contributed by atoms with Crippen LogP contribution in [0.3, 0.4) is 0 Å². The van der Waals surface area contributed by atoms with Gasteiger partial charge in [-0.3, -0.25) is 0 Å². The van der Waals surface area contributed by atoms with E-state index in [4.69, 9.17) is 9.84 Å². The van der Waals surface area contributed by atoms with Gasteiger partial charge in [0.25, 0.3) is 0 Å². The SMILES string of the molecule is CCC(NCCOCCO)c1nccn1C. The highest BCUT2D eigenvalue weighted by Gasteiger charge is 2.12. The van der Waals surface area contributed by atoms with E-state index >= 15 is 0 Å². The minimum Gasteiger partial charge on any atom is -0.394 e. The lowest BCUT2D eigenvalue weighted by atomic mass is 10.2. The van der Waals surface area contributed by atoms with E-state index in [0.29, 0.717) is 13.2 Å². The summed E-state index contributed by atoms with van der Waals surface area (Å²) in [5, 5.41) is 11.9. The zero-order chi connectivity index (χ0) is 11.8. The molecule has 1 unspecified atom stereocenters. The van der Waals surface area contributed by atoms with Crippen LogP contribution in [-0.4, -0.2) is 41.0 Å². The molecule has 16 heavy (non-hydrogen) atoms. The van der Waals surface area contributed by atoms with Gasteiger partial charge < -0.3 is 19.7 Å². The van der Waals surface area contributed by atoms with Crippen LogP contribution in [0.25, 0.3) is 0 Å². The van der Waals surface area contributed by atoms with Crippen molar-refractivity contribution in [2.75, 3.05) is 26.4 Å². The van der Waals surface area contributed by atoms with Gasteiger partial charge in [-0.05, 0) is 6.42 Å². The Morgan fingerprint density at radius 1 is 1.56 bits per heavy atom. The van der Waals surface area contributed by atoms with Crippen molar-refractivity contribution in [1.82, 2.24) is 14.9 Å². The van der Waals surface area contributed by atoms with E-state index in [2.05, 4.69) is 17.2 Å². The van der Waals surface area contributed by atoms with Gasteiger partial charge in [0, 0.05) is 26.0 Å². The number of hydrogen-bond donors (Lipinski definition) is 2. The molecule has 1 aromatic rings. The summed E-state index contributed by atoms with van der Waals surface area (Å²) >= 11 is 0. The molecular formula is C11H21N3O2. The number of imidazole rings is 1. The fourth-order valence-corrected chi connectivity index (χ4v) is 1.60. The third-order valence-electron chi connectivity index (χ3n) is 2.45. The Morgan fingerprint density at radius 3 is 2.94 bits per heavy atom. The molecule has 2 N–H and O–H groups in total. The normalized spacial score (nSPS) is 12.9. The van der Waals surface area contributed by atoms with Crippen LogP contribution in [0.5, 0.6) is 0 Å². The molecule has 5 heteroatoms. The topological polar surface area (TPSA) is 59.3 Å². The molecule has 1 atom stereocenters. The maximum absolute atomic E-state index is 8.55. The molecule has 0 aliphatic rings. The zero-order valence-corrected chi connectivity index (χ0v) is 10.0. The molecule has 0 amide bonds. The summed E-state index contributed by atoms with van der Waals surface area (Å²) in [6.45, 7) is 3.99. The molecule has 0 aromatic carbocycles. The molecule has 0 radical (unpaired) electrons. The van der Waals surface area contributed by atoms with Crippen molar-refractivity contribution in [1.29, 1.82) is 0 Å². The Morgan fingerprint density at radius 2 is 2.38 bits per heavy atom. The van der Waals surface area contributed by atoms with Gasteiger partial charge in [0.15, 0.2) is 0 Å². The fraction of sp³-hybridized carbons (Fsp3) is 0.727. The third-order valence-corrected chi connectivity index (χ3v) is 2.45. The molecule has 0 spiro atoms. The maximum atomic E-state index is 8.55. The van der Waals surface area contributed by atoms with Gasteiger partial charge in [-0.2, -0.15) is 0 Å². The Bertz CT molecular complexity index is 289. The summed E-state index contributed by atoms with van der Waals surface area (Å²) in [6.07, 6.45) is 4.74. The predicted molar refractivity (Wildman–Crippen MR) is 62.1 cm³/mol. The van der Waals surface area contributed by atoms with Crippen LogP contribution in [0.15, 0.2) is 12.4 Å². The van der Waals surface area contributed by atoms with Gasteiger partial charge in [-0.15, -0.1) is 0 Å². The van der Waals surface area contributed by atoms with Crippen molar-refractivity contribution in [3.8, 4) is 0 Å². The third kappa shape index (κ3) is 3.92. The summed E-state index contributed by atoms with van der Waals surface area (Å²) in [4.78, 5) is 4.32. The van der Waals surface area contributed by atoms with Crippen molar-refractivity contribution < 1.29 is 9.84 Å². The van der Waals surface area contributed by atoms with E-state index in [1.54, 1.807) is 0 Å². The largest absolute Gasteiger partial charge is 0.394 e. The number of aromatic nitrogens is 2. The van der Waals surface area contributed by atoms with E-state index < -0.39 is 0 Å². The molecule has 1 aromatic heterocycles. The lowest BCUT2D eigenvalue weighted by molar-refractivity contribution is 0.0923. The number of nitrogens with zero attached hydrogens (tertiary/aromatic N) is 2. The number of aryl methyl sites for hydroxylation is 1. The molecular weight excluding hydrogens is 206 g/mol. The summed E-state index contributed by atoms with van der Waals surface area (Å²) in [5.74, 6) is 1.05. The van der Waals surface area contributed by atoms with Crippen molar-refractivity contribution >= 4 is 0 Å². The molecule has 0 fully saturated rings. The highest BCUT2D eigenvalue weighted by Crippen LogP contribution is 2.12. The number of nitrogens with one attached hydrogen (secondary N) is 1. The van der Waals surface area contributed by atoms with E-state index in [-0.39, 0.29) is 12.6 Å². The molecule has 1 heterocycles. The molecule has 5 nitrogen and oxygen atoms in total. The van der Waals surface area contributed by atoms with Crippen LogP contribution in [0.4, 0.5) is 0 Å². The Balaban J connectivity index is 2.30. The van der Waals surface area contributed by atoms with Crippen LogP contribution < -0.4 is 5.32 Å². The molecule has 0 bridgehead atoms. The number of rotatable bonds is 8. The van der Waals surface area contributed by atoms with Gasteiger partial charge >= 0.3 is 0 Å². The Kier molecular flexibility index (Phi) is 6.07. The smallest absolute Gasteiger partial charge is 0.125 e. The number of ether oxygens (including phenoxy) is 1. The van der Waals surface area contributed by atoms with Crippen LogP contribution in [0.1, 0.15) is 25.2 Å². The first-order valence-corrected chi connectivity index (χ1v) is 5.68. The fourth-order valence-electron chi connectivity index (χ4n) is 1.60. The first-order valence-electron chi connectivity index (χ1n) is 5.68. The van der Waals surface area contributed by atoms with Crippen LogP contribution in [0, 0.1) is 0 Å².